The summed E-state index contributed by atoms with van der Waals surface area (Å²) in [6.07, 6.45) is 3.21. The number of benzene rings is 1. The lowest BCUT2D eigenvalue weighted by Gasteiger charge is -2.02. The topological polar surface area (TPSA) is 81.2 Å². The van der Waals surface area contributed by atoms with E-state index in [0.29, 0.717) is 13.1 Å². The summed E-state index contributed by atoms with van der Waals surface area (Å²) >= 11 is 0. The minimum atomic E-state index is -0.408. The Morgan fingerprint density at radius 3 is 2.53 bits per heavy atom. The summed E-state index contributed by atoms with van der Waals surface area (Å²) < 4.78 is 4.69. The maximum absolute atomic E-state index is 10.5. The van der Waals surface area contributed by atoms with Gasteiger partial charge in [0.2, 0.25) is 0 Å². The Bertz CT molecular complexity index is 479. The van der Waals surface area contributed by atoms with Crippen LogP contribution in [0.3, 0.4) is 0 Å². The van der Waals surface area contributed by atoms with Crippen molar-refractivity contribution in [3.05, 3.63) is 58.0 Å². The van der Waals surface area contributed by atoms with Gasteiger partial charge in [-0.05, 0) is 5.56 Å². The molecular weight excluding hydrogens is 222 g/mol. The minimum absolute atomic E-state index is 0.104. The van der Waals surface area contributed by atoms with E-state index in [1.807, 2.05) is 0 Å². The molecule has 17 heavy (non-hydrogen) atoms. The van der Waals surface area contributed by atoms with Crippen LogP contribution in [-0.2, 0) is 13.1 Å². The van der Waals surface area contributed by atoms with Gasteiger partial charge in [0, 0.05) is 30.8 Å². The number of nitrogens with one attached hydrogen (secondary N) is 1. The van der Waals surface area contributed by atoms with E-state index in [0.717, 1.165) is 11.1 Å². The van der Waals surface area contributed by atoms with Crippen molar-refractivity contribution in [1.82, 2.24) is 10.5 Å². The molecular formula is C11H11N3O3. The normalized spacial score (nSPS) is 10.4. The molecule has 0 spiro atoms. The van der Waals surface area contributed by atoms with Crippen molar-refractivity contribution in [1.29, 1.82) is 0 Å². The zero-order valence-corrected chi connectivity index (χ0v) is 9.00. The first-order valence-electron chi connectivity index (χ1n) is 5.08. The van der Waals surface area contributed by atoms with Gasteiger partial charge in [0.15, 0.2) is 0 Å². The van der Waals surface area contributed by atoms with E-state index < -0.39 is 4.92 Å². The van der Waals surface area contributed by atoms with Crippen LogP contribution in [0.25, 0.3) is 0 Å². The summed E-state index contributed by atoms with van der Waals surface area (Å²) in [5, 5.41) is 17.2. The fraction of sp³-hybridized carbons (Fsp3) is 0.182. The van der Waals surface area contributed by atoms with Gasteiger partial charge in [0.05, 0.1) is 11.1 Å². The first-order chi connectivity index (χ1) is 8.25. The van der Waals surface area contributed by atoms with Crippen molar-refractivity contribution >= 4 is 5.69 Å². The fourth-order valence-electron chi connectivity index (χ4n) is 1.40. The Morgan fingerprint density at radius 2 is 1.94 bits per heavy atom. The largest absolute Gasteiger partial charge is 0.364 e. The summed E-state index contributed by atoms with van der Waals surface area (Å²) in [6, 6.07) is 6.46. The molecule has 1 N–H and O–H groups in total. The summed E-state index contributed by atoms with van der Waals surface area (Å²) in [6.45, 7) is 1.30. The molecule has 2 aromatic rings. The van der Waals surface area contributed by atoms with Crippen LogP contribution < -0.4 is 5.32 Å². The Kier molecular flexibility index (Phi) is 3.46. The molecule has 0 aliphatic carbocycles. The molecule has 0 bridgehead atoms. The molecule has 0 saturated heterocycles. The molecule has 0 aliphatic heterocycles. The van der Waals surface area contributed by atoms with Gasteiger partial charge in [-0.15, -0.1) is 0 Å². The lowest BCUT2D eigenvalue weighted by molar-refractivity contribution is -0.384. The predicted molar refractivity (Wildman–Crippen MR) is 60.1 cm³/mol. The van der Waals surface area contributed by atoms with Crippen LogP contribution in [0, 0.1) is 10.1 Å². The highest BCUT2D eigenvalue weighted by molar-refractivity contribution is 5.32. The third kappa shape index (κ3) is 3.12. The van der Waals surface area contributed by atoms with E-state index in [9.17, 15) is 10.1 Å². The number of non-ortho nitro benzene ring substituents is 1. The number of nitro groups is 1. The fourth-order valence-corrected chi connectivity index (χ4v) is 1.40. The Labute approximate surface area is 97.4 Å². The van der Waals surface area contributed by atoms with Crippen LogP contribution in [0.5, 0.6) is 0 Å². The number of hydrogen-bond acceptors (Lipinski definition) is 5. The molecule has 0 radical (unpaired) electrons. The zero-order chi connectivity index (χ0) is 12.1. The molecule has 0 unspecified atom stereocenters. The van der Waals surface area contributed by atoms with Crippen molar-refractivity contribution in [2.45, 2.75) is 13.1 Å². The average molecular weight is 233 g/mol. The summed E-state index contributed by atoms with van der Waals surface area (Å²) in [4.78, 5) is 10.0. The number of nitrogens with zero attached hydrogens (tertiary/aromatic N) is 2. The van der Waals surface area contributed by atoms with Gasteiger partial charge in [-0.25, -0.2) is 0 Å². The van der Waals surface area contributed by atoms with Crippen molar-refractivity contribution < 1.29 is 9.45 Å². The zero-order valence-electron chi connectivity index (χ0n) is 9.00. The van der Waals surface area contributed by atoms with Gasteiger partial charge in [0.25, 0.3) is 5.69 Å². The monoisotopic (exact) mass is 233 g/mol. The van der Waals surface area contributed by atoms with Crippen LogP contribution in [0.15, 0.2) is 41.2 Å². The molecule has 1 aromatic heterocycles. The molecule has 0 atom stereocenters. The van der Waals surface area contributed by atoms with Gasteiger partial charge in [-0.2, -0.15) is 0 Å². The number of rotatable bonds is 5. The second kappa shape index (κ2) is 5.22. The van der Waals surface area contributed by atoms with Crippen LogP contribution >= 0.6 is 0 Å². The molecule has 1 aromatic carbocycles. The first kappa shape index (κ1) is 11.3. The Hall–Kier alpha value is -2.21. The van der Waals surface area contributed by atoms with Gasteiger partial charge in [-0.1, -0.05) is 17.3 Å². The lowest BCUT2D eigenvalue weighted by Crippen LogP contribution is -2.12. The van der Waals surface area contributed by atoms with Gasteiger partial charge in [-0.3, -0.25) is 10.1 Å². The van der Waals surface area contributed by atoms with E-state index in [1.54, 1.807) is 24.6 Å². The molecule has 0 aliphatic rings. The maximum Gasteiger partial charge on any atom is 0.269 e. The van der Waals surface area contributed by atoms with E-state index in [2.05, 4.69) is 10.5 Å². The summed E-state index contributed by atoms with van der Waals surface area (Å²) in [7, 11) is 0. The van der Waals surface area contributed by atoms with Gasteiger partial charge >= 0.3 is 0 Å². The maximum atomic E-state index is 10.5. The molecule has 0 fully saturated rings. The van der Waals surface area contributed by atoms with Crippen molar-refractivity contribution in [2.24, 2.45) is 0 Å². The van der Waals surface area contributed by atoms with Gasteiger partial charge in [0.1, 0.15) is 6.26 Å². The third-order valence-electron chi connectivity index (χ3n) is 2.29. The standard InChI is InChI=1S/C11H11N3O3/c15-14(16)11-3-1-9(2-4-11)5-12-6-10-7-13-17-8-10/h1-4,7-8,12H,5-6H2. The second-order valence-electron chi connectivity index (χ2n) is 3.56. The van der Waals surface area contributed by atoms with E-state index in [4.69, 9.17) is 4.52 Å². The molecule has 1 heterocycles. The lowest BCUT2D eigenvalue weighted by atomic mass is 10.2. The van der Waals surface area contributed by atoms with Crippen molar-refractivity contribution in [3.63, 3.8) is 0 Å². The number of hydrogen-bond donors (Lipinski definition) is 1. The van der Waals surface area contributed by atoms with Crippen LogP contribution in [-0.4, -0.2) is 10.1 Å². The van der Waals surface area contributed by atoms with Crippen molar-refractivity contribution in [2.75, 3.05) is 0 Å². The summed E-state index contributed by atoms with van der Waals surface area (Å²) in [5.74, 6) is 0. The van der Waals surface area contributed by atoms with Crippen LogP contribution in [0.1, 0.15) is 11.1 Å². The average Bonchev–Trinajstić information content (AvgIpc) is 2.83. The Balaban J connectivity index is 1.85. The highest BCUT2D eigenvalue weighted by atomic mass is 16.6. The Morgan fingerprint density at radius 1 is 1.24 bits per heavy atom. The molecule has 2 rings (SSSR count). The number of nitro benzene ring substituents is 1. The van der Waals surface area contributed by atoms with Crippen LogP contribution in [0.2, 0.25) is 0 Å². The molecule has 0 amide bonds. The first-order valence-corrected chi connectivity index (χ1v) is 5.08. The summed E-state index contributed by atoms with van der Waals surface area (Å²) in [5.41, 5.74) is 2.06. The SMILES string of the molecule is O=[N+]([O-])c1ccc(CNCc2cnoc2)cc1. The van der Waals surface area contributed by atoms with Gasteiger partial charge < -0.3 is 9.84 Å². The second-order valence-corrected chi connectivity index (χ2v) is 3.56. The van der Waals surface area contributed by atoms with Crippen molar-refractivity contribution in [3.8, 4) is 0 Å². The quantitative estimate of drug-likeness (QED) is 0.629. The predicted octanol–water partition coefficient (Wildman–Crippen LogP) is 1.87. The van der Waals surface area contributed by atoms with E-state index in [1.165, 1.54) is 12.1 Å². The van der Waals surface area contributed by atoms with E-state index in [-0.39, 0.29) is 5.69 Å². The smallest absolute Gasteiger partial charge is 0.269 e. The minimum Gasteiger partial charge on any atom is -0.364 e. The third-order valence-corrected chi connectivity index (χ3v) is 2.29. The highest BCUT2D eigenvalue weighted by Crippen LogP contribution is 2.11. The number of aromatic nitrogens is 1. The van der Waals surface area contributed by atoms with E-state index >= 15 is 0 Å². The highest BCUT2D eigenvalue weighted by Gasteiger charge is 2.03. The molecule has 88 valence electrons. The molecule has 0 saturated carbocycles. The molecule has 6 heteroatoms. The van der Waals surface area contributed by atoms with Crippen LogP contribution in [0.4, 0.5) is 5.69 Å². The molecule has 6 nitrogen and oxygen atoms in total.